The Labute approximate surface area is 129 Å². The Balaban J connectivity index is 1.93. The van der Waals surface area contributed by atoms with Crippen LogP contribution in [0.25, 0.3) is 0 Å². The Hall–Kier alpha value is -1.39. The predicted octanol–water partition coefficient (Wildman–Crippen LogP) is 3.95. The van der Waals surface area contributed by atoms with Crippen LogP contribution >= 0.6 is 11.3 Å². The maximum atomic E-state index is 14.3. The van der Waals surface area contributed by atoms with Crippen LogP contribution in [0.2, 0.25) is 0 Å². The first-order valence-corrected chi connectivity index (χ1v) is 8.35. The summed E-state index contributed by atoms with van der Waals surface area (Å²) < 4.78 is 14.3. The molecule has 1 unspecified atom stereocenters. The van der Waals surface area contributed by atoms with Gasteiger partial charge in [-0.25, -0.2) is 4.39 Å². The highest BCUT2D eigenvalue weighted by Crippen LogP contribution is 2.36. The van der Waals surface area contributed by atoms with Crippen molar-refractivity contribution in [3.05, 3.63) is 52.0 Å². The first-order valence-electron chi connectivity index (χ1n) is 7.47. The molecule has 1 atom stereocenters. The lowest BCUT2D eigenvalue weighted by atomic mass is 10.0. The number of nitrogens with two attached hydrogens (primary N) is 1. The maximum absolute atomic E-state index is 14.3. The standard InChI is InChI=1S/C17H21FN2S/c1-12(19)10-15-16(18)5-2-6-17(15)20(13-7-8-13)11-14-4-3-9-21-14/h2-6,9,12-13H,7-8,10-11,19H2,1H3. The lowest BCUT2D eigenvalue weighted by molar-refractivity contribution is 0.593. The molecule has 1 fully saturated rings. The molecule has 2 aromatic rings. The van der Waals surface area contributed by atoms with Crippen LogP contribution in [0.15, 0.2) is 35.7 Å². The molecule has 2 nitrogen and oxygen atoms in total. The largest absolute Gasteiger partial charge is 0.363 e. The summed E-state index contributed by atoms with van der Waals surface area (Å²) in [4.78, 5) is 3.67. The van der Waals surface area contributed by atoms with Crippen molar-refractivity contribution in [2.45, 2.75) is 44.8 Å². The molecule has 1 aliphatic carbocycles. The number of hydrogen-bond acceptors (Lipinski definition) is 3. The van der Waals surface area contributed by atoms with Gasteiger partial charge in [-0.05, 0) is 49.8 Å². The third-order valence-electron chi connectivity index (χ3n) is 3.82. The van der Waals surface area contributed by atoms with Crippen molar-refractivity contribution < 1.29 is 4.39 Å². The van der Waals surface area contributed by atoms with Crippen LogP contribution in [0, 0.1) is 5.82 Å². The van der Waals surface area contributed by atoms with E-state index in [0.29, 0.717) is 12.5 Å². The molecule has 0 radical (unpaired) electrons. The summed E-state index contributed by atoms with van der Waals surface area (Å²) in [5, 5.41) is 2.09. The van der Waals surface area contributed by atoms with E-state index >= 15 is 0 Å². The van der Waals surface area contributed by atoms with Gasteiger partial charge in [0, 0.05) is 28.2 Å². The minimum atomic E-state index is -0.137. The Bertz CT molecular complexity index is 591. The molecule has 21 heavy (non-hydrogen) atoms. The second kappa shape index (κ2) is 6.16. The SMILES string of the molecule is CC(N)Cc1c(F)cccc1N(Cc1cccs1)C1CC1. The molecule has 3 rings (SSSR count). The van der Waals surface area contributed by atoms with Gasteiger partial charge in [0.15, 0.2) is 0 Å². The van der Waals surface area contributed by atoms with Crippen LogP contribution in [0.5, 0.6) is 0 Å². The third-order valence-corrected chi connectivity index (χ3v) is 4.68. The summed E-state index contributed by atoms with van der Waals surface area (Å²) >= 11 is 1.75. The molecular weight excluding hydrogens is 283 g/mol. The molecule has 0 saturated heterocycles. The molecule has 2 N–H and O–H groups in total. The fourth-order valence-electron chi connectivity index (χ4n) is 2.71. The maximum Gasteiger partial charge on any atom is 0.128 e. The molecular formula is C17H21FN2S. The van der Waals surface area contributed by atoms with Gasteiger partial charge < -0.3 is 10.6 Å². The summed E-state index contributed by atoms with van der Waals surface area (Å²) in [6.07, 6.45) is 2.97. The second-order valence-electron chi connectivity index (χ2n) is 5.86. The number of benzene rings is 1. The van der Waals surface area contributed by atoms with Gasteiger partial charge in [-0.1, -0.05) is 12.1 Å². The van der Waals surface area contributed by atoms with Gasteiger partial charge in [-0.15, -0.1) is 11.3 Å². The van der Waals surface area contributed by atoms with E-state index in [2.05, 4.69) is 22.4 Å². The molecule has 1 aromatic carbocycles. The summed E-state index contributed by atoms with van der Waals surface area (Å²) in [5.74, 6) is -0.137. The predicted molar refractivity (Wildman–Crippen MR) is 87.3 cm³/mol. The summed E-state index contributed by atoms with van der Waals surface area (Å²) in [6, 6.07) is 10.1. The Morgan fingerprint density at radius 1 is 1.33 bits per heavy atom. The van der Waals surface area contributed by atoms with Gasteiger partial charge in [-0.3, -0.25) is 0 Å². The molecule has 112 valence electrons. The van der Waals surface area contributed by atoms with Crippen LogP contribution in [0.1, 0.15) is 30.2 Å². The highest BCUT2D eigenvalue weighted by molar-refractivity contribution is 7.09. The van der Waals surface area contributed by atoms with E-state index in [1.165, 1.54) is 23.8 Å². The number of anilines is 1. The zero-order valence-corrected chi connectivity index (χ0v) is 13.1. The van der Waals surface area contributed by atoms with Crippen molar-refractivity contribution in [2.24, 2.45) is 5.73 Å². The molecule has 0 bridgehead atoms. The highest BCUT2D eigenvalue weighted by Gasteiger charge is 2.31. The van der Waals surface area contributed by atoms with Gasteiger partial charge in [0.2, 0.25) is 0 Å². The van der Waals surface area contributed by atoms with Crippen LogP contribution in [-0.4, -0.2) is 12.1 Å². The molecule has 0 aliphatic heterocycles. The highest BCUT2D eigenvalue weighted by atomic mass is 32.1. The van der Waals surface area contributed by atoms with Crippen LogP contribution in [-0.2, 0) is 13.0 Å². The lowest BCUT2D eigenvalue weighted by Crippen LogP contribution is -2.28. The second-order valence-corrected chi connectivity index (χ2v) is 6.89. The van der Waals surface area contributed by atoms with Crippen molar-refractivity contribution in [2.75, 3.05) is 4.90 Å². The average molecular weight is 304 g/mol. The Morgan fingerprint density at radius 2 is 2.14 bits per heavy atom. The number of rotatable bonds is 6. The van der Waals surface area contributed by atoms with E-state index < -0.39 is 0 Å². The Kier molecular flexibility index (Phi) is 4.27. The fraction of sp³-hybridized carbons (Fsp3) is 0.412. The molecule has 1 saturated carbocycles. The monoisotopic (exact) mass is 304 g/mol. The molecule has 0 spiro atoms. The van der Waals surface area contributed by atoms with E-state index in [0.717, 1.165) is 17.8 Å². The summed E-state index contributed by atoms with van der Waals surface area (Å²) in [6.45, 7) is 2.79. The van der Waals surface area contributed by atoms with Gasteiger partial charge in [-0.2, -0.15) is 0 Å². The van der Waals surface area contributed by atoms with Crippen molar-refractivity contribution >= 4 is 17.0 Å². The van der Waals surface area contributed by atoms with Crippen LogP contribution in [0.4, 0.5) is 10.1 Å². The van der Waals surface area contributed by atoms with Crippen molar-refractivity contribution in [1.29, 1.82) is 0 Å². The van der Waals surface area contributed by atoms with E-state index in [1.807, 2.05) is 13.0 Å². The van der Waals surface area contributed by atoms with E-state index in [1.54, 1.807) is 17.4 Å². The average Bonchev–Trinajstić information content (AvgIpc) is 3.15. The van der Waals surface area contributed by atoms with Crippen LogP contribution < -0.4 is 10.6 Å². The molecule has 1 aromatic heterocycles. The fourth-order valence-corrected chi connectivity index (χ4v) is 3.41. The van der Waals surface area contributed by atoms with Gasteiger partial charge >= 0.3 is 0 Å². The number of hydrogen-bond donors (Lipinski definition) is 1. The van der Waals surface area contributed by atoms with Crippen LogP contribution in [0.3, 0.4) is 0 Å². The zero-order valence-electron chi connectivity index (χ0n) is 12.3. The zero-order chi connectivity index (χ0) is 14.8. The summed E-state index contributed by atoms with van der Waals surface area (Å²) in [7, 11) is 0. The Morgan fingerprint density at radius 3 is 2.76 bits per heavy atom. The minimum Gasteiger partial charge on any atom is -0.363 e. The van der Waals surface area contributed by atoms with E-state index in [9.17, 15) is 4.39 Å². The number of halogens is 1. The molecule has 4 heteroatoms. The first-order chi connectivity index (χ1) is 10.1. The van der Waals surface area contributed by atoms with Gasteiger partial charge in [0.25, 0.3) is 0 Å². The van der Waals surface area contributed by atoms with Crippen molar-refractivity contribution in [3.8, 4) is 0 Å². The number of thiophene rings is 1. The minimum absolute atomic E-state index is 0.0385. The van der Waals surface area contributed by atoms with Crippen molar-refractivity contribution in [3.63, 3.8) is 0 Å². The quantitative estimate of drug-likeness (QED) is 0.875. The van der Waals surface area contributed by atoms with E-state index in [4.69, 9.17) is 5.73 Å². The van der Waals surface area contributed by atoms with Gasteiger partial charge in [0.1, 0.15) is 5.82 Å². The summed E-state index contributed by atoms with van der Waals surface area (Å²) in [5.41, 5.74) is 7.68. The molecule has 0 amide bonds. The van der Waals surface area contributed by atoms with E-state index in [-0.39, 0.29) is 11.9 Å². The molecule has 1 heterocycles. The normalized spacial score (nSPS) is 16.0. The van der Waals surface area contributed by atoms with Gasteiger partial charge in [0.05, 0.1) is 6.54 Å². The lowest BCUT2D eigenvalue weighted by Gasteiger charge is -2.27. The molecule has 1 aliphatic rings. The topological polar surface area (TPSA) is 29.3 Å². The van der Waals surface area contributed by atoms with Crippen molar-refractivity contribution in [1.82, 2.24) is 0 Å². The first kappa shape index (κ1) is 14.5. The number of nitrogens with zero attached hydrogens (tertiary/aromatic N) is 1. The smallest absolute Gasteiger partial charge is 0.128 e. The third kappa shape index (κ3) is 3.44.